The number of nitrogens with zero attached hydrogens (tertiary/aromatic N) is 1. The summed E-state index contributed by atoms with van der Waals surface area (Å²) in [5.74, 6) is 0. The van der Waals surface area contributed by atoms with Crippen molar-refractivity contribution >= 4 is 5.69 Å². The van der Waals surface area contributed by atoms with Crippen molar-refractivity contribution in [3.63, 3.8) is 0 Å². The molecule has 110 valence electrons. The summed E-state index contributed by atoms with van der Waals surface area (Å²) < 4.78 is 42.8. The number of nitriles is 1. The molecule has 0 aliphatic carbocycles. The van der Waals surface area contributed by atoms with E-state index in [1.807, 2.05) is 6.92 Å². The van der Waals surface area contributed by atoms with E-state index in [-0.39, 0.29) is 5.56 Å². The van der Waals surface area contributed by atoms with Gasteiger partial charge in [0.1, 0.15) is 6.07 Å². The van der Waals surface area contributed by atoms with Crippen LogP contribution in [0.3, 0.4) is 0 Å². The third-order valence-electron chi connectivity index (χ3n) is 2.60. The number of alkyl halides is 3. The molecule has 0 saturated heterocycles. The minimum absolute atomic E-state index is 0.00528. The second-order valence-electron chi connectivity index (χ2n) is 4.26. The van der Waals surface area contributed by atoms with Crippen molar-refractivity contribution in [1.82, 2.24) is 0 Å². The second-order valence-corrected chi connectivity index (χ2v) is 4.26. The summed E-state index contributed by atoms with van der Waals surface area (Å²) in [5, 5.41) is 11.8. The highest BCUT2D eigenvalue weighted by atomic mass is 19.4. The predicted molar refractivity (Wildman–Crippen MR) is 70.4 cm³/mol. The maximum absolute atomic E-state index is 12.5. The first-order valence-corrected chi connectivity index (χ1v) is 6.42. The standard InChI is InChI=1S/C14H17F3N2O/c1-2-7-20-8-3-6-19-13-5-4-12(14(15,16)17)9-11(13)10-18/h4-5,9,19H,2-3,6-8H2,1H3. The summed E-state index contributed by atoms with van der Waals surface area (Å²) in [4.78, 5) is 0. The van der Waals surface area contributed by atoms with Gasteiger partial charge in [-0.05, 0) is 31.0 Å². The van der Waals surface area contributed by atoms with Crippen molar-refractivity contribution < 1.29 is 17.9 Å². The van der Waals surface area contributed by atoms with Gasteiger partial charge in [-0.2, -0.15) is 18.4 Å². The third kappa shape index (κ3) is 5.10. The van der Waals surface area contributed by atoms with E-state index in [4.69, 9.17) is 10.00 Å². The first-order valence-electron chi connectivity index (χ1n) is 6.42. The van der Waals surface area contributed by atoms with Crippen LogP contribution in [0.1, 0.15) is 30.9 Å². The van der Waals surface area contributed by atoms with Gasteiger partial charge in [0.15, 0.2) is 0 Å². The molecule has 0 aromatic heterocycles. The van der Waals surface area contributed by atoms with Gasteiger partial charge in [0.05, 0.1) is 16.8 Å². The average Bonchev–Trinajstić information content (AvgIpc) is 2.41. The monoisotopic (exact) mass is 286 g/mol. The predicted octanol–water partition coefficient (Wildman–Crippen LogP) is 3.81. The quantitative estimate of drug-likeness (QED) is 0.775. The highest BCUT2D eigenvalue weighted by molar-refractivity contribution is 5.58. The first-order chi connectivity index (χ1) is 9.49. The molecule has 0 radical (unpaired) electrons. The van der Waals surface area contributed by atoms with E-state index in [0.717, 1.165) is 25.0 Å². The largest absolute Gasteiger partial charge is 0.416 e. The van der Waals surface area contributed by atoms with Crippen molar-refractivity contribution in [1.29, 1.82) is 5.26 Å². The SMILES string of the molecule is CCCOCCCNc1ccc(C(F)(F)F)cc1C#N. The number of hydrogen-bond acceptors (Lipinski definition) is 3. The van der Waals surface area contributed by atoms with Crippen LogP contribution < -0.4 is 5.32 Å². The Labute approximate surface area is 116 Å². The van der Waals surface area contributed by atoms with E-state index >= 15 is 0 Å². The highest BCUT2D eigenvalue weighted by Crippen LogP contribution is 2.31. The van der Waals surface area contributed by atoms with E-state index in [1.165, 1.54) is 6.07 Å². The molecule has 1 N–H and O–H groups in total. The first kappa shape index (κ1) is 16.3. The smallest absolute Gasteiger partial charge is 0.384 e. The lowest BCUT2D eigenvalue weighted by Gasteiger charge is -2.11. The Bertz CT molecular complexity index is 466. The molecule has 0 spiro atoms. The molecule has 0 aliphatic heterocycles. The number of ether oxygens (including phenoxy) is 1. The summed E-state index contributed by atoms with van der Waals surface area (Å²) in [6.45, 7) is 3.84. The minimum Gasteiger partial charge on any atom is -0.384 e. The van der Waals surface area contributed by atoms with Crippen molar-refractivity contribution in [2.24, 2.45) is 0 Å². The number of hydrogen-bond donors (Lipinski definition) is 1. The maximum atomic E-state index is 12.5. The fraction of sp³-hybridized carbons (Fsp3) is 0.500. The second kappa shape index (κ2) is 7.75. The summed E-state index contributed by atoms with van der Waals surface area (Å²) >= 11 is 0. The van der Waals surface area contributed by atoms with E-state index in [2.05, 4.69) is 5.32 Å². The Morgan fingerprint density at radius 1 is 1.30 bits per heavy atom. The van der Waals surface area contributed by atoms with E-state index in [1.54, 1.807) is 6.07 Å². The zero-order chi connectivity index (χ0) is 15.0. The molecule has 1 aromatic rings. The molecule has 0 saturated carbocycles. The fourth-order valence-corrected chi connectivity index (χ4v) is 1.61. The molecule has 6 heteroatoms. The molecular formula is C14H17F3N2O. The van der Waals surface area contributed by atoms with E-state index < -0.39 is 11.7 Å². The van der Waals surface area contributed by atoms with Gasteiger partial charge in [-0.1, -0.05) is 6.92 Å². The molecule has 1 rings (SSSR count). The molecule has 1 aromatic carbocycles. The topological polar surface area (TPSA) is 45.0 Å². The van der Waals surface area contributed by atoms with E-state index in [0.29, 0.717) is 25.4 Å². The molecule has 0 atom stereocenters. The number of anilines is 1. The number of rotatable bonds is 7. The molecule has 0 heterocycles. The van der Waals surface area contributed by atoms with Gasteiger partial charge in [-0.3, -0.25) is 0 Å². The zero-order valence-electron chi connectivity index (χ0n) is 11.3. The van der Waals surface area contributed by atoms with Crippen molar-refractivity contribution in [3.8, 4) is 6.07 Å². The molecule has 0 bridgehead atoms. The molecule has 0 amide bonds. The fourth-order valence-electron chi connectivity index (χ4n) is 1.61. The van der Waals surface area contributed by atoms with E-state index in [9.17, 15) is 13.2 Å². The summed E-state index contributed by atoms with van der Waals surface area (Å²) in [6.07, 6.45) is -2.76. The zero-order valence-corrected chi connectivity index (χ0v) is 11.3. The van der Waals surface area contributed by atoms with Crippen molar-refractivity contribution in [2.45, 2.75) is 25.9 Å². The molecule has 0 fully saturated rings. The number of benzene rings is 1. The van der Waals surface area contributed by atoms with Gasteiger partial charge in [0.2, 0.25) is 0 Å². The Kier molecular flexibility index (Phi) is 6.32. The number of halogens is 3. The maximum Gasteiger partial charge on any atom is 0.416 e. The summed E-state index contributed by atoms with van der Waals surface area (Å²) in [6, 6.07) is 4.89. The van der Waals surface area contributed by atoms with Crippen molar-refractivity contribution in [3.05, 3.63) is 29.3 Å². The van der Waals surface area contributed by atoms with Gasteiger partial charge in [0, 0.05) is 19.8 Å². The van der Waals surface area contributed by atoms with Crippen LogP contribution in [0.4, 0.5) is 18.9 Å². The molecule has 0 aliphatic rings. The lowest BCUT2D eigenvalue weighted by molar-refractivity contribution is -0.137. The average molecular weight is 286 g/mol. The van der Waals surface area contributed by atoms with Crippen LogP contribution in [-0.4, -0.2) is 19.8 Å². The lowest BCUT2D eigenvalue weighted by atomic mass is 10.1. The van der Waals surface area contributed by atoms with Gasteiger partial charge in [0.25, 0.3) is 0 Å². The molecule has 20 heavy (non-hydrogen) atoms. The number of nitrogens with one attached hydrogen (secondary N) is 1. The Morgan fingerprint density at radius 3 is 2.65 bits per heavy atom. The summed E-state index contributed by atoms with van der Waals surface area (Å²) in [5.41, 5.74) is -0.406. The molecule has 3 nitrogen and oxygen atoms in total. The lowest BCUT2D eigenvalue weighted by Crippen LogP contribution is -2.09. The van der Waals surface area contributed by atoms with Gasteiger partial charge >= 0.3 is 6.18 Å². The van der Waals surface area contributed by atoms with Crippen LogP contribution in [0.5, 0.6) is 0 Å². The van der Waals surface area contributed by atoms with Crippen LogP contribution in [0.25, 0.3) is 0 Å². The van der Waals surface area contributed by atoms with Crippen LogP contribution in [0.2, 0.25) is 0 Å². The molecule has 0 unspecified atom stereocenters. The molecular weight excluding hydrogens is 269 g/mol. The Hall–Kier alpha value is -1.74. The van der Waals surface area contributed by atoms with Gasteiger partial charge < -0.3 is 10.1 Å². The van der Waals surface area contributed by atoms with Crippen LogP contribution in [-0.2, 0) is 10.9 Å². The Morgan fingerprint density at radius 2 is 2.05 bits per heavy atom. The van der Waals surface area contributed by atoms with Gasteiger partial charge in [-0.15, -0.1) is 0 Å². The normalized spacial score (nSPS) is 11.2. The highest BCUT2D eigenvalue weighted by Gasteiger charge is 2.30. The van der Waals surface area contributed by atoms with Crippen LogP contribution >= 0.6 is 0 Å². The van der Waals surface area contributed by atoms with Crippen molar-refractivity contribution in [2.75, 3.05) is 25.1 Å². The van der Waals surface area contributed by atoms with Crippen LogP contribution in [0.15, 0.2) is 18.2 Å². The van der Waals surface area contributed by atoms with Crippen LogP contribution in [0, 0.1) is 11.3 Å². The minimum atomic E-state index is -4.43. The van der Waals surface area contributed by atoms with Gasteiger partial charge in [-0.25, -0.2) is 0 Å². The third-order valence-corrected chi connectivity index (χ3v) is 2.60. The summed E-state index contributed by atoms with van der Waals surface area (Å²) in [7, 11) is 0. The Balaban J connectivity index is 2.56.